The van der Waals surface area contributed by atoms with Crippen molar-refractivity contribution in [2.45, 2.75) is 32.6 Å². The highest BCUT2D eigenvalue weighted by Crippen LogP contribution is 2.32. The molecule has 1 aliphatic heterocycles. The van der Waals surface area contributed by atoms with Gasteiger partial charge in [-0.15, -0.1) is 0 Å². The van der Waals surface area contributed by atoms with Crippen molar-refractivity contribution in [3.63, 3.8) is 0 Å². The number of carbonyl (C=O) groups is 3. The van der Waals surface area contributed by atoms with Gasteiger partial charge in [0, 0.05) is 13.0 Å². The molecule has 0 aromatic heterocycles. The van der Waals surface area contributed by atoms with Crippen LogP contribution in [0.3, 0.4) is 0 Å². The van der Waals surface area contributed by atoms with E-state index in [4.69, 9.17) is 9.84 Å². The minimum Gasteiger partial charge on any atom is -0.482 e. The Morgan fingerprint density at radius 1 is 1.29 bits per heavy atom. The number of fused-ring (bicyclic) bond motifs is 1. The third-order valence-corrected chi connectivity index (χ3v) is 3.75. The third-order valence-electron chi connectivity index (χ3n) is 3.75. The molecule has 0 aliphatic carbocycles. The highest BCUT2D eigenvalue weighted by atomic mass is 16.5. The van der Waals surface area contributed by atoms with Crippen LogP contribution in [0.1, 0.15) is 31.2 Å². The Bertz CT molecular complexity index is 629. The van der Waals surface area contributed by atoms with Crippen LogP contribution in [0, 0.1) is 6.92 Å². The van der Waals surface area contributed by atoms with Crippen LogP contribution in [0.2, 0.25) is 0 Å². The number of rotatable bonds is 8. The zero-order valence-corrected chi connectivity index (χ0v) is 13.7. The topological polar surface area (TPSA) is 95.9 Å². The second kappa shape index (κ2) is 8.33. The van der Waals surface area contributed by atoms with E-state index in [1.165, 1.54) is 4.90 Å². The standard InChI is InChI=1S/C17H22N2O5/c1-12-6-7-13-14(9-12)24-11-16(21)19(13)10-15(20)18-8-4-2-3-5-17(22)23/h6-7,9H,2-5,8,10-11H2,1H3,(H,18,20)(H,22,23). The summed E-state index contributed by atoms with van der Waals surface area (Å²) in [6.07, 6.45) is 2.20. The molecule has 0 unspecified atom stereocenters. The summed E-state index contributed by atoms with van der Waals surface area (Å²) in [5, 5.41) is 11.3. The van der Waals surface area contributed by atoms with Crippen LogP contribution in [-0.4, -0.2) is 42.6 Å². The molecule has 1 aromatic carbocycles. The van der Waals surface area contributed by atoms with Crippen LogP contribution >= 0.6 is 0 Å². The molecule has 0 atom stereocenters. The van der Waals surface area contributed by atoms with Crippen LogP contribution in [-0.2, 0) is 14.4 Å². The highest BCUT2D eigenvalue weighted by molar-refractivity contribution is 6.02. The quantitative estimate of drug-likeness (QED) is 0.702. The Labute approximate surface area is 140 Å². The van der Waals surface area contributed by atoms with Gasteiger partial charge in [-0.05, 0) is 37.5 Å². The first-order valence-electron chi connectivity index (χ1n) is 7.99. The minimum atomic E-state index is -0.807. The van der Waals surface area contributed by atoms with E-state index in [0.29, 0.717) is 30.8 Å². The van der Waals surface area contributed by atoms with Crippen molar-refractivity contribution in [2.24, 2.45) is 0 Å². The van der Waals surface area contributed by atoms with E-state index < -0.39 is 5.97 Å². The lowest BCUT2D eigenvalue weighted by molar-refractivity contribution is -0.137. The number of carboxylic acids is 1. The Hall–Kier alpha value is -2.57. The lowest BCUT2D eigenvalue weighted by Crippen LogP contribution is -2.45. The van der Waals surface area contributed by atoms with Crippen molar-refractivity contribution in [1.82, 2.24) is 5.32 Å². The van der Waals surface area contributed by atoms with Gasteiger partial charge in [0.15, 0.2) is 6.61 Å². The number of carbonyl (C=O) groups excluding carboxylic acids is 2. The minimum absolute atomic E-state index is 0.0482. The normalized spacial score (nSPS) is 13.2. The molecule has 7 nitrogen and oxygen atoms in total. The fourth-order valence-electron chi connectivity index (χ4n) is 2.49. The zero-order valence-electron chi connectivity index (χ0n) is 13.7. The summed E-state index contributed by atoms with van der Waals surface area (Å²) in [6, 6.07) is 5.49. The van der Waals surface area contributed by atoms with Gasteiger partial charge >= 0.3 is 5.97 Å². The maximum absolute atomic E-state index is 12.0. The molecule has 0 saturated carbocycles. The number of aryl methyl sites for hydroxylation is 1. The van der Waals surface area contributed by atoms with Crippen LogP contribution in [0.4, 0.5) is 5.69 Å². The molecule has 1 aromatic rings. The summed E-state index contributed by atoms with van der Waals surface area (Å²) in [7, 11) is 0. The maximum Gasteiger partial charge on any atom is 0.303 e. The van der Waals surface area contributed by atoms with E-state index in [1.54, 1.807) is 6.07 Å². The van der Waals surface area contributed by atoms with Gasteiger partial charge in [-0.25, -0.2) is 0 Å². The fraction of sp³-hybridized carbons (Fsp3) is 0.471. The molecule has 0 radical (unpaired) electrons. The second-order valence-corrected chi connectivity index (χ2v) is 5.79. The SMILES string of the molecule is Cc1ccc2c(c1)OCC(=O)N2CC(=O)NCCCCCC(=O)O. The van der Waals surface area contributed by atoms with Gasteiger partial charge in [0.1, 0.15) is 12.3 Å². The van der Waals surface area contributed by atoms with Crippen molar-refractivity contribution in [3.8, 4) is 5.75 Å². The van der Waals surface area contributed by atoms with Crippen molar-refractivity contribution >= 4 is 23.5 Å². The molecule has 1 heterocycles. The first-order valence-corrected chi connectivity index (χ1v) is 7.99. The molecule has 7 heteroatoms. The largest absolute Gasteiger partial charge is 0.482 e. The lowest BCUT2D eigenvalue weighted by atomic mass is 10.1. The van der Waals surface area contributed by atoms with Crippen LogP contribution in [0.5, 0.6) is 5.75 Å². The molecule has 2 amide bonds. The molecular formula is C17H22N2O5. The molecule has 0 bridgehead atoms. The maximum atomic E-state index is 12.0. The number of amides is 2. The van der Waals surface area contributed by atoms with Gasteiger partial charge in [-0.1, -0.05) is 12.5 Å². The number of ether oxygens (including phenoxy) is 1. The van der Waals surface area contributed by atoms with Crippen LogP contribution in [0.25, 0.3) is 0 Å². The summed E-state index contributed by atoms with van der Waals surface area (Å²) in [5.41, 5.74) is 1.63. The number of anilines is 1. The highest BCUT2D eigenvalue weighted by Gasteiger charge is 2.27. The first-order chi connectivity index (χ1) is 11.5. The van der Waals surface area contributed by atoms with Gasteiger partial charge < -0.3 is 15.2 Å². The van der Waals surface area contributed by atoms with Gasteiger partial charge in [-0.3, -0.25) is 19.3 Å². The number of unbranched alkanes of at least 4 members (excludes halogenated alkanes) is 2. The van der Waals surface area contributed by atoms with Crippen molar-refractivity contribution in [2.75, 3.05) is 24.6 Å². The number of aliphatic carboxylic acids is 1. The van der Waals surface area contributed by atoms with Crippen LogP contribution < -0.4 is 15.0 Å². The predicted octanol–water partition coefficient (Wildman–Crippen LogP) is 1.48. The van der Waals surface area contributed by atoms with Crippen molar-refractivity contribution < 1.29 is 24.2 Å². The number of nitrogens with zero attached hydrogens (tertiary/aromatic N) is 1. The van der Waals surface area contributed by atoms with E-state index >= 15 is 0 Å². The molecule has 130 valence electrons. The number of nitrogens with one attached hydrogen (secondary N) is 1. The Morgan fingerprint density at radius 2 is 2.08 bits per heavy atom. The van der Waals surface area contributed by atoms with Gasteiger partial charge in [-0.2, -0.15) is 0 Å². The molecule has 2 N–H and O–H groups in total. The van der Waals surface area contributed by atoms with E-state index in [9.17, 15) is 14.4 Å². The summed E-state index contributed by atoms with van der Waals surface area (Å²) >= 11 is 0. The van der Waals surface area contributed by atoms with Gasteiger partial charge in [0.2, 0.25) is 5.91 Å². The smallest absolute Gasteiger partial charge is 0.303 e. The van der Waals surface area contributed by atoms with E-state index in [2.05, 4.69) is 5.32 Å². The first kappa shape index (κ1) is 17.8. The van der Waals surface area contributed by atoms with Gasteiger partial charge in [0.05, 0.1) is 5.69 Å². The molecule has 2 rings (SSSR count). The Morgan fingerprint density at radius 3 is 2.83 bits per heavy atom. The predicted molar refractivity (Wildman–Crippen MR) is 88.1 cm³/mol. The van der Waals surface area contributed by atoms with Crippen molar-refractivity contribution in [1.29, 1.82) is 0 Å². The van der Waals surface area contributed by atoms with Crippen molar-refractivity contribution in [3.05, 3.63) is 23.8 Å². The average Bonchev–Trinajstić information content (AvgIpc) is 2.53. The van der Waals surface area contributed by atoms with E-state index in [0.717, 1.165) is 12.0 Å². The van der Waals surface area contributed by atoms with E-state index in [1.807, 2.05) is 19.1 Å². The average molecular weight is 334 g/mol. The molecule has 1 aliphatic rings. The number of hydrogen-bond acceptors (Lipinski definition) is 4. The molecule has 0 spiro atoms. The summed E-state index contributed by atoms with van der Waals surface area (Å²) in [6.45, 7) is 2.28. The lowest BCUT2D eigenvalue weighted by Gasteiger charge is -2.29. The molecule has 24 heavy (non-hydrogen) atoms. The Kier molecular flexibility index (Phi) is 6.17. The van der Waals surface area contributed by atoms with Crippen LogP contribution in [0.15, 0.2) is 18.2 Å². The van der Waals surface area contributed by atoms with E-state index in [-0.39, 0.29) is 31.4 Å². The molecule has 0 saturated heterocycles. The Balaban J connectivity index is 1.81. The summed E-state index contributed by atoms with van der Waals surface area (Å²) in [4.78, 5) is 35.9. The molecule has 0 fully saturated rings. The monoisotopic (exact) mass is 334 g/mol. The number of hydrogen-bond donors (Lipinski definition) is 2. The van der Waals surface area contributed by atoms with Gasteiger partial charge in [0.25, 0.3) is 5.91 Å². The zero-order chi connectivity index (χ0) is 17.5. The summed E-state index contributed by atoms with van der Waals surface area (Å²) in [5.74, 6) is -0.687. The third kappa shape index (κ3) is 4.97. The molecular weight excluding hydrogens is 312 g/mol. The number of carboxylic acid groups (broad SMARTS) is 1. The summed E-state index contributed by atoms with van der Waals surface area (Å²) < 4.78 is 5.40. The number of benzene rings is 1. The fourth-order valence-corrected chi connectivity index (χ4v) is 2.49. The second-order valence-electron chi connectivity index (χ2n) is 5.79.